The first-order valence-corrected chi connectivity index (χ1v) is 11.3. The molecule has 136 valence electrons. The van der Waals surface area contributed by atoms with Crippen molar-refractivity contribution in [2.45, 2.75) is 38.1 Å². The standard InChI is InChI=1S/C17H21ClN2O3S2/c1-11(2)7-16(21)19-17-20(8-12-5-3-4-6-13(12)18)14-9-25(22,23)10-15(14)24-17/h3-6,11,14-15H,7-10H2,1-2H3/t14-,15-/m0/s1. The van der Waals surface area contributed by atoms with Gasteiger partial charge in [0, 0.05) is 23.2 Å². The summed E-state index contributed by atoms with van der Waals surface area (Å²) in [5, 5.41) is 1.18. The second-order valence-electron chi connectivity index (χ2n) is 6.91. The zero-order valence-corrected chi connectivity index (χ0v) is 16.6. The molecule has 0 radical (unpaired) electrons. The fourth-order valence-electron chi connectivity index (χ4n) is 3.13. The van der Waals surface area contributed by atoms with Crippen molar-refractivity contribution >= 4 is 44.3 Å². The van der Waals surface area contributed by atoms with Crippen LogP contribution >= 0.6 is 23.4 Å². The number of sulfone groups is 1. The second kappa shape index (κ2) is 7.29. The second-order valence-corrected chi connectivity index (χ2v) is 10.7. The molecule has 2 fully saturated rings. The fourth-order valence-corrected chi connectivity index (χ4v) is 7.30. The Morgan fingerprint density at radius 2 is 2.08 bits per heavy atom. The lowest BCUT2D eigenvalue weighted by atomic mass is 10.1. The van der Waals surface area contributed by atoms with E-state index in [0.29, 0.717) is 23.2 Å². The molecular formula is C17H21ClN2O3S2. The normalized spacial score (nSPS) is 26.4. The number of rotatable bonds is 4. The summed E-state index contributed by atoms with van der Waals surface area (Å²) >= 11 is 7.67. The molecule has 1 aromatic rings. The molecule has 1 aromatic carbocycles. The van der Waals surface area contributed by atoms with Crippen molar-refractivity contribution in [1.29, 1.82) is 0 Å². The Balaban J connectivity index is 1.88. The van der Waals surface area contributed by atoms with Gasteiger partial charge in [0.1, 0.15) is 0 Å². The van der Waals surface area contributed by atoms with Crippen LogP contribution < -0.4 is 0 Å². The van der Waals surface area contributed by atoms with E-state index in [1.807, 2.05) is 43.0 Å². The molecule has 2 heterocycles. The van der Waals surface area contributed by atoms with Crippen LogP contribution in [0.4, 0.5) is 0 Å². The van der Waals surface area contributed by atoms with Crippen LogP contribution in [0.15, 0.2) is 29.3 Å². The van der Waals surface area contributed by atoms with Gasteiger partial charge in [-0.3, -0.25) is 4.79 Å². The molecule has 0 bridgehead atoms. The van der Waals surface area contributed by atoms with Crippen molar-refractivity contribution in [3.8, 4) is 0 Å². The first kappa shape index (κ1) is 18.7. The predicted octanol–water partition coefficient (Wildman–Crippen LogP) is 2.98. The van der Waals surface area contributed by atoms with Crippen molar-refractivity contribution in [1.82, 2.24) is 4.90 Å². The highest BCUT2D eigenvalue weighted by Gasteiger charge is 2.48. The lowest BCUT2D eigenvalue weighted by Gasteiger charge is -2.25. The van der Waals surface area contributed by atoms with Crippen LogP contribution in [0.5, 0.6) is 0 Å². The number of nitrogens with zero attached hydrogens (tertiary/aromatic N) is 2. The predicted molar refractivity (Wildman–Crippen MR) is 103 cm³/mol. The van der Waals surface area contributed by atoms with E-state index in [9.17, 15) is 13.2 Å². The molecule has 0 aromatic heterocycles. The molecule has 2 aliphatic heterocycles. The summed E-state index contributed by atoms with van der Waals surface area (Å²) in [6, 6.07) is 7.32. The number of aliphatic imine (C=N–C) groups is 1. The van der Waals surface area contributed by atoms with Gasteiger partial charge in [0.15, 0.2) is 15.0 Å². The summed E-state index contributed by atoms with van der Waals surface area (Å²) in [4.78, 5) is 18.4. The number of thioether (sulfide) groups is 1. The Kier molecular flexibility index (Phi) is 5.46. The maximum absolute atomic E-state index is 12.1. The highest BCUT2D eigenvalue weighted by molar-refractivity contribution is 8.15. The zero-order chi connectivity index (χ0) is 18.2. The molecule has 8 heteroatoms. The van der Waals surface area contributed by atoms with Gasteiger partial charge in [-0.1, -0.05) is 55.4 Å². The molecule has 25 heavy (non-hydrogen) atoms. The number of halogens is 1. The third-order valence-corrected chi connectivity index (χ3v) is 7.89. The van der Waals surface area contributed by atoms with Crippen molar-refractivity contribution in [3.05, 3.63) is 34.9 Å². The van der Waals surface area contributed by atoms with Crippen LogP contribution in [0.2, 0.25) is 5.02 Å². The summed E-state index contributed by atoms with van der Waals surface area (Å²) in [5.41, 5.74) is 0.902. The Bertz CT molecular complexity index is 808. The molecule has 5 nitrogen and oxygen atoms in total. The van der Waals surface area contributed by atoms with Crippen LogP contribution in [0, 0.1) is 5.92 Å². The van der Waals surface area contributed by atoms with E-state index in [1.165, 1.54) is 11.8 Å². The van der Waals surface area contributed by atoms with Gasteiger partial charge in [-0.2, -0.15) is 4.99 Å². The Morgan fingerprint density at radius 3 is 2.76 bits per heavy atom. The lowest BCUT2D eigenvalue weighted by molar-refractivity contribution is -0.118. The molecule has 1 amide bonds. The van der Waals surface area contributed by atoms with Crippen LogP contribution in [0.25, 0.3) is 0 Å². The van der Waals surface area contributed by atoms with Gasteiger partial charge < -0.3 is 4.90 Å². The maximum atomic E-state index is 12.1. The molecule has 0 unspecified atom stereocenters. The van der Waals surface area contributed by atoms with Crippen LogP contribution in [0.3, 0.4) is 0 Å². The van der Waals surface area contributed by atoms with Gasteiger partial charge in [0.2, 0.25) is 5.91 Å². The monoisotopic (exact) mass is 400 g/mol. The highest BCUT2D eigenvalue weighted by atomic mass is 35.5. The minimum atomic E-state index is -3.05. The van der Waals surface area contributed by atoms with E-state index in [2.05, 4.69) is 4.99 Å². The highest BCUT2D eigenvalue weighted by Crippen LogP contribution is 2.39. The summed E-state index contributed by atoms with van der Waals surface area (Å²) in [5.74, 6) is 0.315. The van der Waals surface area contributed by atoms with E-state index < -0.39 is 9.84 Å². The SMILES string of the molecule is CC(C)CC(=O)N=C1S[C@H]2CS(=O)(=O)C[C@@H]2N1Cc1ccccc1Cl. The zero-order valence-electron chi connectivity index (χ0n) is 14.2. The first-order chi connectivity index (χ1) is 11.7. The molecule has 2 saturated heterocycles. The number of fused-ring (bicyclic) bond motifs is 1. The van der Waals surface area contributed by atoms with Crippen LogP contribution in [0.1, 0.15) is 25.8 Å². The smallest absolute Gasteiger partial charge is 0.248 e. The van der Waals surface area contributed by atoms with Gasteiger partial charge >= 0.3 is 0 Å². The minimum Gasteiger partial charge on any atom is -0.342 e. The number of carbonyl (C=O) groups excluding carboxylic acids is 1. The number of hydrogen-bond donors (Lipinski definition) is 0. The average Bonchev–Trinajstić information content (AvgIpc) is 2.93. The molecule has 0 saturated carbocycles. The van der Waals surface area contributed by atoms with E-state index in [0.717, 1.165) is 5.56 Å². The lowest BCUT2D eigenvalue weighted by Crippen LogP contribution is -2.37. The molecule has 0 aliphatic carbocycles. The maximum Gasteiger partial charge on any atom is 0.248 e. The number of amides is 1. The molecular weight excluding hydrogens is 380 g/mol. The van der Waals surface area contributed by atoms with Crippen LogP contribution in [-0.4, -0.2) is 47.2 Å². The van der Waals surface area contributed by atoms with Crippen molar-refractivity contribution in [2.24, 2.45) is 10.9 Å². The summed E-state index contributed by atoms with van der Waals surface area (Å²) in [7, 11) is -3.05. The summed E-state index contributed by atoms with van der Waals surface area (Å²) < 4.78 is 24.0. The summed E-state index contributed by atoms with van der Waals surface area (Å²) in [6.45, 7) is 4.41. The van der Waals surface area contributed by atoms with Gasteiger partial charge in [-0.15, -0.1) is 0 Å². The fraction of sp³-hybridized carbons (Fsp3) is 0.529. The first-order valence-electron chi connectivity index (χ1n) is 8.24. The van der Waals surface area contributed by atoms with Gasteiger partial charge in [-0.25, -0.2) is 8.42 Å². The van der Waals surface area contributed by atoms with Gasteiger partial charge in [-0.05, 0) is 17.5 Å². The van der Waals surface area contributed by atoms with E-state index in [4.69, 9.17) is 11.6 Å². The number of amidine groups is 1. The number of carbonyl (C=O) groups is 1. The third kappa shape index (κ3) is 4.38. The van der Waals surface area contributed by atoms with Crippen molar-refractivity contribution in [3.63, 3.8) is 0 Å². The summed E-state index contributed by atoms with van der Waals surface area (Å²) in [6.07, 6.45) is 0.387. The number of hydrogen-bond acceptors (Lipinski definition) is 4. The third-order valence-electron chi connectivity index (χ3n) is 4.28. The van der Waals surface area contributed by atoms with Gasteiger partial charge in [0.05, 0.1) is 17.5 Å². The molecule has 0 N–H and O–H groups in total. The van der Waals surface area contributed by atoms with Crippen molar-refractivity contribution < 1.29 is 13.2 Å². The van der Waals surface area contributed by atoms with E-state index >= 15 is 0 Å². The Labute approximate surface area is 157 Å². The van der Waals surface area contributed by atoms with E-state index in [1.54, 1.807) is 0 Å². The molecule has 2 aliphatic rings. The molecule has 3 rings (SSSR count). The molecule has 2 atom stereocenters. The topological polar surface area (TPSA) is 66.8 Å². The van der Waals surface area contributed by atoms with Gasteiger partial charge in [0.25, 0.3) is 0 Å². The quantitative estimate of drug-likeness (QED) is 0.777. The molecule has 0 spiro atoms. The minimum absolute atomic E-state index is 0.0712. The Morgan fingerprint density at radius 1 is 1.36 bits per heavy atom. The Hall–Kier alpha value is -1.05. The average molecular weight is 401 g/mol. The van der Waals surface area contributed by atoms with E-state index in [-0.39, 0.29) is 34.6 Å². The largest absolute Gasteiger partial charge is 0.342 e. The number of benzene rings is 1. The van der Waals surface area contributed by atoms with Crippen molar-refractivity contribution in [2.75, 3.05) is 11.5 Å². The van der Waals surface area contributed by atoms with Crippen LogP contribution in [-0.2, 0) is 21.2 Å².